The highest BCUT2D eigenvalue weighted by Gasteiger charge is 2.86. The SMILES string of the molecule is C=C1C2CCC3C45COC(O)(C(OC(C)=O)C4C(C)(C)C(O)CC5=O)C3(C2)C1OC(C)=O. The zero-order valence-corrected chi connectivity index (χ0v) is 19.1. The van der Waals surface area contributed by atoms with Crippen LogP contribution < -0.4 is 0 Å². The van der Waals surface area contributed by atoms with Gasteiger partial charge in [0.25, 0.3) is 0 Å². The van der Waals surface area contributed by atoms with E-state index >= 15 is 0 Å². The van der Waals surface area contributed by atoms with Gasteiger partial charge in [0.15, 0.2) is 6.10 Å². The fourth-order valence-electron chi connectivity index (χ4n) is 8.36. The second-order valence-corrected chi connectivity index (χ2v) is 11.1. The van der Waals surface area contributed by atoms with Crippen molar-refractivity contribution in [2.75, 3.05) is 6.61 Å². The Hall–Kier alpha value is -1.77. The Labute approximate surface area is 187 Å². The summed E-state index contributed by atoms with van der Waals surface area (Å²) >= 11 is 0. The molecule has 8 nitrogen and oxygen atoms in total. The van der Waals surface area contributed by atoms with E-state index in [4.69, 9.17) is 14.2 Å². The number of ether oxygens (including phenoxy) is 3. The van der Waals surface area contributed by atoms with Gasteiger partial charge in [0.05, 0.1) is 23.5 Å². The van der Waals surface area contributed by atoms with Crippen LogP contribution in [0.3, 0.4) is 0 Å². The second-order valence-electron chi connectivity index (χ2n) is 11.1. The molecule has 4 aliphatic carbocycles. The number of aliphatic hydroxyl groups excluding tert-OH is 1. The van der Waals surface area contributed by atoms with Crippen LogP contribution in [-0.2, 0) is 28.6 Å². The average Bonchev–Trinajstić information content (AvgIpc) is 2.89. The van der Waals surface area contributed by atoms with Gasteiger partial charge in [-0.05, 0) is 42.1 Å². The number of carbonyl (C=O) groups excluding carboxylic acids is 3. The zero-order chi connectivity index (χ0) is 23.4. The summed E-state index contributed by atoms with van der Waals surface area (Å²) < 4.78 is 17.7. The molecule has 2 N–H and O–H groups in total. The minimum atomic E-state index is -1.98. The predicted molar refractivity (Wildman–Crippen MR) is 110 cm³/mol. The Morgan fingerprint density at radius 2 is 1.81 bits per heavy atom. The van der Waals surface area contributed by atoms with Gasteiger partial charge in [0, 0.05) is 26.2 Å². The predicted octanol–water partition coefficient (Wildman–Crippen LogP) is 1.52. The van der Waals surface area contributed by atoms with Crippen LogP contribution in [0.4, 0.5) is 0 Å². The minimum absolute atomic E-state index is 0.00713. The standard InChI is InChI=1S/C24H32O8/c1-11-14-6-7-15-22-10-30-24(29,23(15,9-14)19(11)31-12(2)25)20(32-13(3)26)18(22)21(4,5)16(27)8-17(22)28/h14-16,18-20,27,29H,1,6-10H2,2-5H3. The summed E-state index contributed by atoms with van der Waals surface area (Å²) in [6.07, 6.45) is -1.18. The van der Waals surface area contributed by atoms with Crippen LogP contribution in [-0.4, -0.2) is 58.6 Å². The van der Waals surface area contributed by atoms with Crippen LogP contribution in [0, 0.1) is 34.0 Å². The van der Waals surface area contributed by atoms with Crippen molar-refractivity contribution in [3.63, 3.8) is 0 Å². The van der Waals surface area contributed by atoms with E-state index in [9.17, 15) is 24.6 Å². The van der Waals surface area contributed by atoms with Crippen LogP contribution >= 0.6 is 0 Å². The first kappa shape index (κ1) is 22.0. The number of Topliss-reactive ketones (excluding diaryl/α,β-unsaturated/α-hetero) is 1. The monoisotopic (exact) mass is 448 g/mol. The average molecular weight is 449 g/mol. The van der Waals surface area contributed by atoms with Gasteiger partial charge >= 0.3 is 11.9 Å². The molecule has 0 aromatic rings. The van der Waals surface area contributed by atoms with Gasteiger partial charge in [0.2, 0.25) is 5.79 Å². The molecule has 2 saturated heterocycles. The Morgan fingerprint density at radius 1 is 1.16 bits per heavy atom. The van der Waals surface area contributed by atoms with Crippen LogP contribution in [0.25, 0.3) is 0 Å². The number of hydrogen-bond acceptors (Lipinski definition) is 8. The molecule has 8 heteroatoms. The fraction of sp³-hybridized carbons (Fsp3) is 0.792. The van der Waals surface area contributed by atoms with Gasteiger partial charge in [-0.15, -0.1) is 0 Å². The summed E-state index contributed by atoms with van der Waals surface area (Å²) in [5.74, 6) is -4.24. The number of fused-ring (bicyclic) bond motifs is 2. The van der Waals surface area contributed by atoms with Crippen molar-refractivity contribution in [3.05, 3.63) is 12.2 Å². The summed E-state index contributed by atoms with van der Waals surface area (Å²) in [7, 11) is 0. The summed E-state index contributed by atoms with van der Waals surface area (Å²) in [5, 5.41) is 23.2. The summed E-state index contributed by atoms with van der Waals surface area (Å²) in [6.45, 7) is 10.5. The fourth-order valence-corrected chi connectivity index (χ4v) is 8.36. The molecule has 6 rings (SSSR count). The molecule has 2 heterocycles. The molecule has 9 atom stereocenters. The lowest BCUT2D eigenvalue weighted by Crippen LogP contribution is -2.85. The summed E-state index contributed by atoms with van der Waals surface area (Å²) in [6, 6.07) is 0. The van der Waals surface area contributed by atoms with Gasteiger partial charge in [-0.3, -0.25) is 14.4 Å². The van der Waals surface area contributed by atoms with E-state index in [2.05, 4.69) is 6.58 Å². The summed E-state index contributed by atoms with van der Waals surface area (Å²) in [4.78, 5) is 38.1. The lowest BCUT2D eigenvalue weighted by Gasteiger charge is -2.74. The van der Waals surface area contributed by atoms with Gasteiger partial charge in [-0.25, -0.2) is 0 Å². The Morgan fingerprint density at radius 3 is 2.44 bits per heavy atom. The smallest absolute Gasteiger partial charge is 0.303 e. The maximum absolute atomic E-state index is 13.8. The third kappa shape index (κ3) is 2.26. The van der Waals surface area contributed by atoms with Crippen molar-refractivity contribution in [3.8, 4) is 0 Å². The molecular formula is C24H32O8. The van der Waals surface area contributed by atoms with Crippen molar-refractivity contribution < 1.29 is 38.8 Å². The maximum Gasteiger partial charge on any atom is 0.303 e. The van der Waals surface area contributed by atoms with E-state index in [1.165, 1.54) is 13.8 Å². The molecule has 2 spiro atoms. The largest absolute Gasteiger partial charge is 0.457 e. The Kier molecular flexibility index (Phi) is 4.42. The maximum atomic E-state index is 13.8. The van der Waals surface area contributed by atoms with Crippen molar-refractivity contribution >= 4 is 17.7 Å². The first-order chi connectivity index (χ1) is 14.8. The summed E-state index contributed by atoms with van der Waals surface area (Å²) in [5.41, 5.74) is -2.33. The quantitative estimate of drug-likeness (QED) is 0.482. The third-order valence-corrected chi connectivity index (χ3v) is 9.54. The number of ketones is 1. The molecule has 2 aliphatic heterocycles. The number of carbonyl (C=O) groups is 3. The van der Waals surface area contributed by atoms with Gasteiger partial charge in [-0.2, -0.15) is 0 Å². The molecule has 0 aromatic heterocycles. The number of aliphatic hydroxyl groups is 2. The first-order valence-electron chi connectivity index (χ1n) is 11.4. The highest BCUT2D eigenvalue weighted by atomic mass is 16.7. The highest BCUT2D eigenvalue weighted by molar-refractivity contribution is 5.88. The lowest BCUT2D eigenvalue weighted by molar-refractivity contribution is -0.447. The molecule has 0 aromatic carbocycles. The number of hydrogen-bond donors (Lipinski definition) is 2. The third-order valence-electron chi connectivity index (χ3n) is 9.54. The first-order valence-corrected chi connectivity index (χ1v) is 11.4. The molecule has 176 valence electrons. The molecule has 9 unspecified atom stereocenters. The van der Waals surface area contributed by atoms with Crippen molar-refractivity contribution in [2.45, 2.75) is 77.5 Å². The van der Waals surface area contributed by atoms with Gasteiger partial charge < -0.3 is 24.4 Å². The van der Waals surface area contributed by atoms with Crippen molar-refractivity contribution in [1.29, 1.82) is 0 Å². The van der Waals surface area contributed by atoms with Crippen LogP contribution in [0.15, 0.2) is 12.2 Å². The van der Waals surface area contributed by atoms with Crippen LogP contribution in [0.5, 0.6) is 0 Å². The highest BCUT2D eigenvalue weighted by Crippen LogP contribution is 2.77. The molecule has 0 radical (unpaired) electrons. The second kappa shape index (κ2) is 6.42. The molecular weight excluding hydrogens is 416 g/mol. The zero-order valence-electron chi connectivity index (χ0n) is 19.1. The van der Waals surface area contributed by atoms with Gasteiger partial charge in [-0.1, -0.05) is 20.4 Å². The topological polar surface area (TPSA) is 119 Å². The van der Waals surface area contributed by atoms with E-state index in [1.807, 2.05) is 13.8 Å². The molecule has 32 heavy (non-hydrogen) atoms. The number of esters is 2. The van der Waals surface area contributed by atoms with Gasteiger partial charge in [0.1, 0.15) is 11.9 Å². The molecule has 0 amide bonds. The Bertz CT molecular complexity index is 925. The van der Waals surface area contributed by atoms with Crippen molar-refractivity contribution in [2.24, 2.45) is 34.0 Å². The minimum Gasteiger partial charge on any atom is -0.457 e. The molecule has 4 saturated carbocycles. The molecule has 4 bridgehead atoms. The Balaban J connectivity index is 1.79. The van der Waals surface area contributed by atoms with Crippen LogP contribution in [0.2, 0.25) is 0 Å². The van der Waals surface area contributed by atoms with E-state index < -0.39 is 58.2 Å². The van der Waals surface area contributed by atoms with E-state index in [0.29, 0.717) is 18.4 Å². The lowest BCUT2D eigenvalue weighted by atomic mass is 9.36. The molecule has 6 fully saturated rings. The van der Waals surface area contributed by atoms with E-state index in [-0.39, 0.29) is 30.6 Å². The van der Waals surface area contributed by atoms with Crippen molar-refractivity contribution in [1.82, 2.24) is 0 Å². The van der Waals surface area contributed by atoms with E-state index in [1.54, 1.807) is 0 Å². The van der Waals surface area contributed by atoms with Crippen LogP contribution in [0.1, 0.15) is 53.4 Å². The van der Waals surface area contributed by atoms with E-state index in [0.717, 1.165) is 6.42 Å². The molecule has 6 aliphatic rings. The number of rotatable bonds is 2. The normalized spacial score (nSPS) is 50.4.